The van der Waals surface area contributed by atoms with Crippen molar-refractivity contribution in [2.45, 2.75) is 64.8 Å². The number of ether oxygens (including phenoxy) is 1. The highest BCUT2D eigenvalue weighted by Gasteiger charge is 2.35. The van der Waals surface area contributed by atoms with Gasteiger partial charge in [0, 0.05) is 19.3 Å². The molecule has 18 heavy (non-hydrogen) atoms. The predicted octanol–water partition coefficient (Wildman–Crippen LogP) is 3.61. The van der Waals surface area contributed by atoms with E-state index in [0.717, 1.165) is 37.6 Å². The molecule has 0 amide bonds. The van der Waals surface area contributed by atoms with Gasteiger partial charge in [-0.1, -0.05) is 26.7 Å². The monoisotopic (exact) mass is 253 g/mol. The van der Waals surface area contributed by atoms with Crippen molar-refractivity contribution in [3.8, 4) is 0 Å². The highest BCUT2D eigenvalue weighted by atomic mass is 16.5. The first kappa shape index (κ1) is 14.3. The molecule has 2 aliphatic carbocycles. The number of nitrogens with one attached hydrogen (secondary N) is 1. The van der Waals surface area contributed by atoms with Gasteiger partial charge >= 0.3 is 0 Å². The molecule has 0 atom stereocenters. The van der Waals surface area contributed by atoms with E-state index < -0.39 is 0 Å². The van der Waals surface area contributed by atoms with E-state index >= 15 is 0 Å². The SMILES string of the molecule is CC(C)COCCCNC(C1CCC1)C1CCC1. The quantitative estimate of drug-likeness (QED) is 0.634. The van der Waals surface area contributed by atoms with Gasteiger partial charge in [-0.3, -0.25) is 0 Å². The second-order valence-corrected chi connectivity index (χ2v) is 6.68. The van der Waals surface area contributed by atoms with Crippen LogP contribution in [-0.4, -0.2) is 25.8 Å². The van der Waals surface area contributed by atoms with Crippen LogP contribution in [0.2, 0.25) is 0 Å². The summed E-state index contributed by atoms with van der Waals surface area (Å²) in [4.78, 5) is 0. The van der Waals surface area contributed by atoms with Crippen molar-refractivity contribution in [1.29, 1.82) is 0 Å². The van der Waals surface area contributed by atoms with Crippen LogP contribution in [-0.2, 0) is 4.74 Å². The molecule has 0 radical (unpaired) electrons. The molecule has 0 aromatic heterocycles. The molecule has 0 saturated heterocycles. The molecule has 0 aromatic carbocycles. The molecular formula is C16H31NO. The third-order valence-corrected chi connectivity index (χ3v) is 4.61. The zero-order chi connectivity index (χ0) is 12.8. The number of hydrogen-bond donors (Lipinski definition) is 1. The molecule has 2 nitrogen and oxygen atoms in total. The van der Waals surface area contributed by atoms with Crippen molar-refractivity contribution in [3.63, 3.8) is 0 Å². The topological polar surface area (TPSA) is 21.3 Å². The van der Waals surface area contributed by atoms with Crippen molar-refractivity contribution in [1.82, 2.24) is 5.32 Å². The molecule has 2 fully saturated rings. The standard InChI is InChI=1S/C16H31NO/c1-13(2)12-18-11-5-10-17-16(14-6-3-7-14)15-8-4-9-15/h13-17H,3-12H2,1-2H3. The van der Waals surface area contributed by atoms with Crippen molar-refractivity contribution < 1.29 is 4.74 Å². The Labute approximate surface area is 113 Å². The van der Waals surface area contributed by atoms with E-state index in [4.69, 9.17) is 4.74 Å². The Balaban J connectivity index is 1.54. The normalized spacial score (nSPS) is 21.3. The van der Waals surface area contributed by atoms with Crippen molar-refractivity contribution in [2.75, 3.05) is 19.8 Å². The van der Waals surface area contributed by atoms with Gasteiger partial charge in [0.05, 0.1) is 0 Å². The summed E-state index contributed by atoms with van der Waals surface area (Å²) in [5, 5.41) is 3.83. The van der Waals surface area contributed by atoms with E-state index in [2.05, 4.69) is 19.2 Å². The Kier molecular flexibility index (Phi) is 5.97. The molecule has 2 rings (SSSR count). The highest BCUT2D eigenvalue weighted by Crippen LogP contribution is 2.39. The van der Waals surface area contributed by atoms with Crippen LogP contribution < -0.4 is 5.32 Å². The summed E-state index contributed by atoms with van der Waals surface area (Å²) in [7, 11) is 0. The van der Waals surface area contributed by atoms with Gasteiger partial charge in [0.2, 0.25) is 0 Å². The zero-order valence-corrected chi connectivity index (χ0v) is 12.3. The molecule has 0 unspecified atom stereocenters. The Morgan fingerprint density at radius 3 is 2.11 bits per heavy atom. The lowest BCUT2D eigenvalue weighted by molar-refractivity contribution is 0.0973. The largest absolute Gasteiger partial charge is 0.381 e. The molecule has 106 valence electrons. The van der Waals surface area contributed by atoms with Crippen LogP contribution in [0.4, 0.5) is 0 Å². The first-order valence-electron chi connectivity index (χ1n) is 8.08. The molecule has 0 spiro atoms. The summed E-state index contributed by atoms with van der Waals surface area (Å²) < 4.78 is 5.64. The maximum Gasteiger partial charge on any atom is 0.0489 e. The predicted molar refractivity (Wildman–Crippen MR) is 76.7 cm³/mol. The van der Waals surface area contributed by atoms with Crippen LogP contribution in [0.1, 0.15) is 58.8 Å². The summed E-state index contributed by atoms with van der Waals surface area (Å²) >= 11 is 0. The summed E-state index contributed by atoms with van der Waals surface area (Å²) in [5.74, 6) is 2.65. The Morgan fingerprint density at radius 1 is 1.06 bits per heavy atom. The van der Waals surface area contributed by atoms with Gasteiger partial charge in [0.15, 0.2) is 0 Å². The first-order chi connectivity index (χ1) is 8.77. The molecular weight excluding hydrogens is 222 g/mol. The van der Waals surface area contributed by atoms with E-state index in [-0.39, 0.29) is 0 Å². The molecule has 1 N–H and O–H groups in total. The lowest BCUT2D eigenvalue weighted by Gasteiger charge is -2.43. The summed E-state index contributed by atoms with van der Waals surface area (Å²) in [5.41, 5.74) is 0. The summed E-state index contributed by atoms with van der Waals surface area (Å²) in [6, 6.07) is 0.831. The van der Waals surface area contributed by atoms with Gasteiger partial charge < -0.3 is 10.1 Å². The van der Waals surface area contributed by atoms with E-state index in [1.54, 1.807) is 0 Å². The summed E-state index contributed by atoms with van der Waals surface area (Å²) in [6.07, 6.45) is 9.98. The minimum atomic E-state index is 0.663. The molecule has 0 bridgehead atoms. The van der Waals surface area contributed by atoms with E-state index in [0.29, 0.717) is 5.92 Å². The van der Waals surface area contributed by atoms with Gasteiger partial charge in [0.25, 0.3) is 0 Å². The second kappa shape index (κ2) is 7.49. The molecule has 0 aromatic rings. The second-order valence-electron chi connectivity index (χ2n) is 6.68. The molecule has 2 saturated carbocycles. The molecule has 2 heteroatoms. The number of rotatable bonds is 9. The minimum absolute atomic E-state index is 0.663. The third-order valence-electron chi connectivity index (χ3n) is 4.61. The molecule has 0 aliphatic heterocycles. The van der Waals surface area contributed by atoms with Crippen LogP contribution in [0.25, 0.3) is 0 Å². The molecule has 2 aliphatic rings. The highest BCUT2D eigenvalue weighted by molar-refractivity contribution is 4.91. The van der Waals surface area contributed by atoms with Gasteiger partial charge in [-0.2, -0.15) is 0 Å². The summed E-state index contributed by atoms with van der Waals surface area (Å²) in [6.45, 7) is 7.40. The van der Waals surface area contributed by atoms with E-state index in [1.165, 1.54) is 44.9 Å². The van der Waals surface area contributed by atoms with Crippen LogP contribution in [0, 0.1) is 17.8 Å². The molecule has 0 heterocycles. The fraction of sp³-hybridized carbons (Fsp3) is 1.00. The Morgan fingerprint density at radius 2 is 1.67 bits per heavy atom. The van der Waals surface area contributed by atoms with Crippen molar-refractivity contribution in [2.24, 2.45) is 17.8 Å². The average Bonchev–Trinajstić information content (AvgIpc) is 2.17. The fourth-order valence-corrected chi connectivity index (χ4v) is 3.08. The van der Waals surface area contributed by atoms with Gasteiger partial charge in [-0.05, 0) is 56.4 Å². The van der Waals surface area contributed by atoms with Crippen LogP contribution in [0.15, 0.2) is 0 Å². The maximum absolute atomic E-state index is 5.64. The average molecular weight is 253 g/mol. The van der Waals surface area contributed by atoms with E-state index in [1.807, 2.05) is 0 Å². The lowest BCUT2D eigenvalue weighted by Crippen LogP contribution is -2.47. The first-order valence-corrected chi connectivity index (χ1v) is 8.08. The fourth-order valence-electron chi connectivity index (χ4n) is 3.08. The smallest absolute Gasteiger partial charge is 0.0489 e. The van der Waals surface area contributed by atoms with Gasteiger partial charge in [0.1, 0.15) is 0 Å². The van der Waals surface area contributed by atoms with Crippen LogP contribution in [0.5, 0.6) is 0 Å². The Bertz CT molecular complexity index is 207. The maximum atomic E-state index is 5.64. The van der Waals surface area contributed by atoms with Gasteiger partial charge in [-0.25, -0.2) is 0 Å². The van der Waals surface area contributed by atoms with E-state index in [9.17, 15) is 0 Å². The minimum Gasteiger partial charge on any atom is -0.381 e. The van der Waals surface area contributed by atoms with Crippen molar-refractivity contribution >= 4 is 0 Å². The van der Waals surface area contributed by atoms with Crippen LogP contribution in [0.3, 0.4) is 0 Å². The Hall–Kier alpha value is -0.0800. The zero-order valence-electron chi connectivity index (χ0n) is 12.3. The van der Waals surface area contributed by atoms with Crippen LogP contribution >= 0.6 is 0 Å². The van der Waals surface area contributed by atoms with Crippen molar-refractivity contribution in [3.05, 3.63) is 0 Å². The third kappa shape index (κ3) is 4.24. The van der Waals surface area contributed by atoms with Gasteiger partial charge in [-0.15, -0.1) is 0 Å². The number of hydrogen-bond acceptors (Lipinski definition) is 2. The lowest BCUT2D eigenvalue weighted by atomic mass is 9.68.